The van der Waals surface area contributed by atoms with Gasteiger partial charge in [0.25, 0.3) is 0 Å². The Morgan fingerprint density at radius 3 is 2.80 bits per heavy atom. The van der Waals surface area contributed by atoms with Crippen LogP contribution in [0.1, 0.15) is 0 Å². The Bertz CT molecular complexity index is 658. The van der Waals surface area contributed by atoms with Crippen LogP contribution >= 0.6 is 31.9 Å². The highest BCUT2D eigenvalue weighted by molar-refractivity contribution is 9.13. The van der Waals surface area contributed by atoms with Crippen LogP contribution in [0.15, 0.2) is 39.5 Å². The van der Waals surface area contributed by atoms with Gasteiger partial charge in [-0.1, -0.05) is 0 Å². The quantitative estimate of drug-likeness (QED) is 0.658. The van der Waals surface area contributed by atoms with Gasteiger partial charge < -0.3 is 4.98 Å². The number of pyridine rings is 1. The number of rotatable bonds is 0. The van der Waals surface area contributed by atoms with Crippen LogP contribution in [0.25, 0.3) is 21.8 Å². The summed E-state index contributed by atoms with van der Waals surface area (Å²) >= 11 is 7.10. The molecule has 0 spiro atoms. The lowest BCUT2D eigenvalue weighted by Crippen LogP contribution is -1.72. The fourth-order valence-electron chi connectivity index (χ4n) is 1.78. The predicted octanol–water partition coefficient (Wildman–Crippen LogP) is 4.24. The van der Waals surface area contributed by atoms with E-state index in [9.17, 15) is 0 Å². The third kappa shape index (κ3) is 1.32. The van der Waals surface area contributed by atoms with Crippen LogP contribution in [-0.2, 0) is 0 Å². The maximum atomic E-state index is 4.10. The van der Waals surface area contributed by atoms with Crippen LogP contribution in [0, 0.1) is 0 Å². The number of hydrogen-bond donors (Lipinski definition) is 1. The van der Waals surface area contributed by atoms with E-state index in [4.69, 9.17) is 0 Å². The summed E-state index contributed by atoms with van der Waals surface area (Å²) in [6, 6.07) is 6.10. The van der Waals surface area contributed by atoms with E-state index >= 15 is 0 Å². The third-order valence-electron chi connectivity index (χ3n) is 2.45. The summed E-state index contributed by atoms with van der Waals surface area (Å²) in [5, 5.41) is 2.38. The molecule has 0 fully saturated rings. The van der Waals surface area contributed by atoms with E-state index in [0.717, 1.165) is 20.0 Å². The maximum absolute atomic E-state index is 4.10. The van der Waals surface area contributed by atoms with Crippen molar-refractivity contribution in [2.75, 3.05) is 0 Å². The lowest BCUT2D eigenvalue weighted by Gasteiger charge is -1.97. The molecule has 2 aromatic heterocycles. The number of aromatic amines is 1. The molecule has 1 aromatic carbocycles. The first-order valence-corrected chi connectivity index (χ1v) is 6.05. The molecule has 0 amide bonds. The van der Waals surface area contributed by atoms with Gasteiger partial charge in [-0.15, -0.1) is 0 Å². The van der Waals surface area contributed by atoms with Gasteiger partial charge in [-0.25, -0.2) is 0 Å². The number of hydrogen-bond acceptors (Lipinski definition) is 1. The van der Waals surface area contributed by atoms with Crippen molar-refractivity contribution in [2.24, 2.45) is 0 Å². The zero-order chi connectivity index (χ0) is 10.4. The van der Waals surface area contributed by atoms with Crippen LogP contribution in [0.3, 0.4) is 0 Å². The topological polar surface area (TPSA) is 28.7 Å². The number of fused-ring (bicyclic) bond motifs is 3. The minimum Gasteiger partial charge on any atom is -0.353 e. The van der Waals surface area contributed by atoms with E-state index in [2.05, 4.69) is 47.9 Å². The molecular formula is C11H6Br2N2. The zero-order valence-electron chi connectivity index (χ0n) is 7.59. The average molecular weight is 326 g/mol. The molecule has 0 bridgehead atoms. The van der Waals surface area contributed by atoms with Crippen molar-refractivity contribution in [1.29, 1.82) is 0 Å². The second kappa shape index (κ2) is 3.32. The summed E-state index contributed by atoms with van der Waals surface area (Å²) in [5.41, 5.74) is 2.18. The molecule has 0 saturated carbocycles. The van der Waals surface area contributed by atoms with E-state index < -0.39 is 0 Å². The van der Waals surface area contributed by atoms with Crippen molar-refractivity contribution in [3.8, 4) is 0 Å². The Kier molecular flexibility index (Phi) is 2.07. The molecule has 2 nitrogen and oxygen atoms in total. The molecule has 0 radical (unpaired) electrons. The van der Waals surface area contributed by atoms with Gasteiger partial charge in [0, 0.05) is 31.4 Å². The fourth-order valence-corrected chi connectivity index (χ4v) is 2.67. The summed E-state index contributed by atoms with van der Waals surface area (Å²) in [6.07, 6.45) is 3.65. The normalized spacial score (nSPS) is 11.3. The molecule has 0 atom stereocenters. The van der Waals surface area contributed by atoms with E-state index in [0.29, 0.717) is 0 Å². The largest absolute Gasteiger partial charge is 0.353 e. The van der Waals surface area contributed by atoms with Crippen LogP contribution in [0.2, 0.25) is 0 Å². The van der Waals surface area contributed by atoms with Crippen molar-refractivity contribution in [2.45, 2.75) is 0 Å². The van der Waals surface area contributed by atoms with Crippen LogP contribution in [-0.4, -0.2) is 9.97 Å². The van der Waals surface area contributed by atoms with Crippen LogP contribution in [0.5, 0.6) is 0 Å². The second-order valence-electron chi connectivity index (χ2n) is 3.33. The van der Waals surface area contributed by atoms with Crippen molar-refractivity contribution in [3.05, 3.63) is 39.5 Å². The van der Waals surface area contributed by atoms with Gasteiger partial charge in [-0.05, 0) is 50.1 Å². The molecule has 0 aliphatic heterocycles. The molecule has 0 aliphatic rings. The lowest BCUT2D eigenvalue weighted by atomic mass is 10.2. The minimum absolute atomic E-state index is 1.06. The maximum Gasteiger partial charge on any atom is 0.0651 e. The zero-order valence-corrected chi connectivity index (χ0v) is 10.8. The molecule has 0 unspecified atom stereocenters. The minimum atomic E-state index is 1.06. The Labute approximate surface area is 103 Å². The monoisotopic (exact) mass is 324 g/mol. The number of nitrogens with zero attached hydrogens (tertiary/aromatic N) is 1. The van der Waals surface area contributed by atoms with E-state index in [1.54, 1.807) is 0 Å². The first-order chi connectivity index (χ1) is 7.27. The smallest absolute Gasteiger partial charge is 0.0651 e. The second-order valence-corrected chi connectivity index (χ2v) is 4.98. The molecule has 0 saturated heterocycles. The molecule has 15 heavy (non-hydrogen) atoms. The van der Waals surface area contributed by atoms with Gasteiger partial charge in [0.2, 0.25) is 0 Å². The Morgan fingerprint density at radius 1 is 1.07 bits per heavy atom. The van der Waals surface area contributed by atoms with Crippen molar-refractivity contribution in [3.63, 3.8) is 0 Å². The van der Waals surface area contributed by atoms with Gasteiger partial charge in [-0.3, -0.25) is 4.98 Å². The number of aromatic nitrogens is 2. The number of H-pyrrole nitrogens is 1. The highest BCUT2D eigenvalue weighted by Gasteiger charge is 2.09. The fraction of sp³-hybridized carbons (Fsp3) is 0. The predicted molar refractivity (Wildman–Crippen MR) is 69.0 cm³/mol. The molecule has 4 heteroatoms. The molecule has 74 valence electrons. The van der Waals surface area contributed by atoms with Gasteiger partial charge >= 0.3 is 0 Å². The molecule has 2 heterocycles. The summed E-state index contributed by atoms with van der Waals surface area (Å²) in [4.78, 5) is 7.43. The highest BCUT2D eigenvalue weighted by Crippen LogP contribution is 2.35. The van der Waals surface area contributed by atoms with E-state index in [-0.39, 0.29) is 0 Å². The number of benzene rings is 1. The van der Waals surface area contributed by atoms with Crippen molar-refractivity contribution in [1.82, 2.24) is 9.97 Å². The number of nitrogens with one attached hydrogen (secondary N) is 1. The van der Waals surface area contributed by atoms with Crippen LogP contribution in [0.4, 0.5) is 0 Å². The molecule has 1 N–H and O–H groups in total. The Morgan fingerprint density at radius 2 is 1.93 bits per heavy atom. The van der Waals surface area contributed by atoms with Gasteiger partial charge in [-0.2, -0.15) is 0 Å². The van der Waals surface area contributed by atoms with Gasteiger partial charge in [0.1, 0.15) is 0 Å². The third-order valence-corrected chi connectivity index (χ3v) is 4.47. The average Bonchev–Trinajstić information content (AvgIpc) is 2.62. The lowest BCUT2D eigenvalue weighted by molar-refractivity contribution is 1.35. The van der Waals surface area contributed by atoms with Crippen molar-refractivity contribution >= 4 is 53.7 Å². The summed E-state index contributed by atoms with van der Waals surface area (Å²) in [5.74, 6) is 0. The first kappa shape index (κ1) is 9.36. The summed E-state index contributed by atoms with van der Waals surface area (Å²) < 4.78 is 2.14. The van der Waals surface area contributed by atoms with E-state index in [1.807, 2.05) is 24.5 Å². The number of halogens is 2. The molecule has 0 aliphatic carbocycles. The van der Waals surface area contributed by atoms with Crippen molar-refractivity contribution < 1.29 is 0 Å². The molecular weight excluding hydrogens is 320 g/mol. The summed E-state index contributed by atoms with van der Waals surface area (Å²) in [6.45, 7) is 0. The SMILES string of the molecule is Brc1ccc2[nH]c3cnccc3c2c1Br. The van der Waals surface area contributed by atoms with E-state index in [1.165, 1.54) is 10.8 Å². The van der Waals surface area contributed by atoms with Crippen LogP contribution < -0.4 is 0 Å². The highest BCUT2D eigenvalue weighted by atomic mass is 79.9. The Balaban J connectivity index is 2.63. The summed E-state index contributed by atoms with van der Waals surface area (Å²) in [7, 11) is 0. The Hall–Kier alpha value is -0.870. The molecule has 3 rings (SSSR count). The van der Waals surface area contributed by atoms with Gasteiger partial charge in [0.15, 0.2) is 0 Å². The standard InChI is InChI=1S/C11H6Br2N2/c12-7-1-2-8-10(11(7)13)6-3-4-14-5-9(6)15-8/h1-5,15H. The molecule has 3 aromatic rings. The first-order valence-electron chi connectivity index (χ1n) is 4.47. The van der Waals surface area contributed by atoms with Gasteiger partial charge in [0.05, 0.1) is 11.7 Å².